The highest BCUT2D eigenvalue weighted by Gasteiger charge is 2.14. The SMILES string of the molecule is NC(=O)c1ccccc1.O=C(O)c1cc(NC(=O)c2ccc(F)cc2Cl)n[nH]1. The number of carboxylic acid groups (broad SMARTS) is 1. The van der Waals surface area contributed by atoms with Crippen molar-refractivity contribution in [1.29, 1.82) is 0 Å². The minimum atomic E-state index is -1.20. The summed E-state index contributed by atoms with van der Waals surface area (Å²) in [7, 11) is 0. The molecular formula is C18H14ClFN4O4. The number of H-pyrrole nitrogens is 1. The molecule has 0 aliphatic heterocycles. The zero-order chi connectivity index (χ0) is 20.7. The van der Waals surface area contributed by atoms with E-state index in [0.29, 0.717) is 5.56 Å². The molecule has 144 valence electrons. The Morgan fingerprint density at radius 3 is 2.29 bits per heavy atom. The van der Waals surface area contributed by atoms with E-state index in [1.807, 2.05) is 6.07 Å². The second-order valence-electron chi connectivity index (χ2n) is 5.28. The molecule has 0 saturated carbocycles. The lowest BCUT2D eigenvalue weighted by atomic mass is 10.2. The van der Waals surface area contributed by atoms with Crippen LogP contribution in [0.1, 0.15) is 31.2 Å². The van der Waals surface area contributed by atoms with Gasteiger partial charge in [0.25, 0.3) is 5.91 Å². The van der Waals surface area contributed by atoms with E-state index in [1.165, 1.54) is 6.07 Å². The fraction of sp³-hybridized carbons (Fsp3) is 0. The van der Waals surface area contributed by atoms with Gasteiger partial charge in [-0.3, -0.25) is 14.7 Å². The lowest BCUT2D eigenvalue weighted by molar-refractivity contribution is 0.0690. The number of nitrogens with two attached hydrogens (primary N) is 1. The summed E-state index contributed by atoms with van der Waals surface area (Å²) in [5, 5.41) is 16.8. The van der Waals surface area contributed by atoms with Gasteiger partial charge in [-0.05, 0) is 30.3 Å². The molecule has 3 aromatic rings. The molecule has 2 amide bonds. The Balaban J connectivity index is 0.000000261. The topological polar surface area (TPSA) is 138 Å². The Morgan fingerprint density at radius 1 is 1.11 bits per heavy atom. The number of anilines is 1. The standard InChI is InChI=1S/C11H7ClFN3O3.C7H7NO/c12-7-3-5(13)1-2-6(7)10(17)14-9-4-8(11(18)19)15-16-9;8-7(9)6-4-2-1-3-5-6/h1-4H,(H,18,19)(H2,14,15,16,17);1-5H,(H2,8,9). The lowest BCUT2D eigenvalue weighted by Gasteiger charge is -2.03. The van der Waals surface area contributed by atoms with Gasteiger partial charge in [0, 0.05) is 11.6 Å². The Hall–Kier alpha value is -3.72. The first-order chi connectivity index (χ1) is 13.3. The normalized spacial score (nSPS) is 9.79. The number of aromatic nitrogens is 2. The Morgan fingerprint density at radius 2 is 1.79 bits per heavy atom. The Kier molecular flexibility index (Phi) is 6.83. The van der Waals surface area contributed by atoms with E-state index in [0.717, 1.165) is 18.2 Å². The van der Waals surface area contributed by atoms with Crippen molar-refractivity contribution >= 4 is 35.2 Å². The molecule has 10 heteroatoms. The zero-order valence-corrected chi connectivity index (χ0v) is 14.9. The third-order valence-electron chi connectivity index (χ3n) is 3.28. The van der Waals surface area contributed by atoms with Crippen molar-refractivity contribution in [1.82, 2.24) is 10.2 Å². The van der Waals surface area contributed by atoms with Crippen LogP contribution in [0.25, 0.3) is 0 Å². The van der Waals surface area contributed by atoms with Crippen LogP contribution in [0.5, 0.6) is 0 Å². The third kappa shape index (κ3) is 5.64. The van der Waals surface area contributed by atoms with Crippen molar-refractivity contribution in [2.75, 3.05) is 5.32 Å². The smallest absolute Gasteiger partial charge is 0.353 e. The molecule has 0 radical (unpaired) electrons. The monoisotopic (exact) mass is 404 g/mol. The number of aromatic amines is 1. The van der Waals surface area contributed by atoms with Gasteiger partial charge in [-0.25, -0.2) is 9.18 Å². The van der Waals surface area contributed by atoms with Crippen molar-refractivity contribution in [3.8, 4) is 0 Å². The Bertz CT molecular complexity index is 1010. The van der Waals surface area contributed by atoms with E-state index in [1.54, 1.807) is 24.3 Å². The molecule has 1 aromatic heterocycles. The second kappa shape index (κ2) is 9.28. The fourth-order valence-corrected chi connectivity index (χ4v) is 2.21. The quantitative estimate of drug-likeness (QED) is 0.529. The number of carbonyl (C=O) groups is 3. The second-order valence-corrected chi connectivity index (χ2v) is 5.69. The largest absolute Gasteiger partial charge is 0.477 e. The van der Waals surface area contributed by atoms with Gasteiger partial charge in [0.05, 0.1) is 10.6 Å². The number of halogens is 2. The number of nitrogens with zero attached hydrogens (tertiary/aromatic N) is 1. The minimum absolute atomic E-state index is 0.0304. The third-order valence-corrected chi connectivity index (χ3v) is 3.60. The molecule has 0 bridgehead atoms. The molecule has 0 aliphatic carbocycles. The summed E-state index contributed by atoms with van der Waals surface area (Å²) in [5.41, 5.74) is 5.42. The highest BCUT2D eigenvalue weighted by Crippen LogP contribution is 2.18. The first-order valence-corrected chi connectivity index (χ1v) is 8.05. The van der Waals surface area contributed by atoms with Crippen LogP contribution >= 0.6 is 11.6 Å². The van der Waals surface area contributed by atoms with Crippen molar-refractivity contribution in [2.24, 2.45) is 5.73 Å². The molecule has 0 unspecified atom stereocenters. The van der Waals surface area contributed by atoms with Crippen LogP contribution in [-0.4, -0.2) is 33.1 Å². The highest BCUT2D eigenvalue weighted by atomic mass is 35.5. The fourth-order valence-electron chi connectivity index (χ4n) is 1.96. The van der Waals surface area contributed by atoms with Crippen LogP contribution in [0.2, 0.25) is 5.02 Å². The number of carbonyl (C=O) groups excluding carboxylic acids is 2. The summed E-state index contributed by atoms with van der Waals surface area (Å²) in [6.07, 6.45) is 0. The van der Waals surface area contributed by atoms with E-state index in [4.69, 9.17) is 22.4 Å². The summed E-state index contributed by atoms with van der Waals surface area (Å²) < 4.78 is 12.8. The van der Waals surface area contributed by atoms with Gasteiger partial charge in [0.15, 0.2) is 5.82 Å². The summed E-state index contributed by atoms with van der Waals surface area (Å²) in [6, 6.07) is 13.2. The van der Waals surface area contributed by atoms with E-state index in [2.05, 4.69) is 15.5 Å². The maximum atomic E-state index is 12.8. The van der Waals surface area contributed by atoms with E-state index >= 15 is 0 Å². The predicted octanol–water partition coefficient (Wildman–Crippen LogP) is 2.94. The van der Waals surface area contributed by atoms with Gasteiger partial charge >= 0.3 is 5.97 Å². The van der Waals surface area contributed by atoms with Crippen LogP contribution < -0.4 is 11.1 Å². The van der Waals surface area contributed by atoms with Crippen LogP contribution in [-0.2, 0) is 0 Å². The van der Waals surface area contributed by atoms with Crippen molar-refractivity contribution in [3.05, 3.63) is 82.3 Å². The van der Waals surface area contributed by atoms with Crippen molar-refractivity contribution in [3.63, 3.8) is 0 Å². The first kappa shape index (κ1) is 20.6. The number of amides is 2. The lowest BCUT2D eigenvalue weighted by Crippen LogP contribution is -2.12. The maximum absolute atomic E-state index is 12.8. The molecular weight excluding hydrogens is 391 g/mol. The number of hydrogen-bond donors (Lipinski definition) is 4. The molecule has 28 heavy (non-hydrogen) atoms. The van der Waals surface area contributed by atoms with Crippen LogP contribution in [0.15, 0.2) is 54.6 Å². The van der Waals surface area contributed by atoms with Gasteiger partial charge < -0.3 is 16.2 Å². The highest BCUT2D eigenvalue weighted by molar-refractivity contribution is 6.34. The number of rotatable bonds is 4. The summed E-state index contributed by atoms with van der Waals surface area (Å²) in [5.74, 6) is -2.73. The van der Waals surface area contributed by atoms with Crippen LogP contribution in [0.3, 0.4) is 0 Å². The van der Waals surface area contributed by atoms with E-state index in [-0.39, 0.29) is 28.0 Å². The summed E-state index contributed by atoms with van der Waals surface area (Å²) in [4.78, 5) is 32.8. The van der Waals surface area contributed by atoms with Gasteiger partial charge in [-0.1, -0.05) is 29.8 Å². The Labute approximate surface area is 163 Å². The van der Waals surface area contributed by atoms with E-state index in [9.17, 15) is 18.8 Å². The molecule has 0 fully saturated rings. The average molecular weight is 405 g/mol. The van der Waals surface area contributed by atoms with Crippen LogP contribution in [0, 0.1) is 5.82 Å². The number of hydrogen-bond acceptors (Lipinski definition) is 4. The summed E-state index contributed by atoms with van der Waals surface area (Å²) >= 11 is 5.72. The molecule has 0 spiro atoms. The molecule has 0 saturated heterocycles. The molecule has 5 N–H and O–H groups in total. The number of nitrogens with one attached hydrogen (secondary N) is 2. The molecule has 8 nitrogen and oxygen atoms in total. The van der Waals surface area contributed by atoms with Gasteiger partial charge in [0.1, 0.15) is 11.5 Å². The number of primary amides is 1. The van der Waals surface area contributed by atoms with Gasteiger partial charge in [-0.2, -0.15) is 5.10 Å². The van der Waals surface area contributed by atoms with E-state index < -0.39 is 17.7 Å². The van der Waals surface area contributed by atoms with Crippen molar-refractivity contribution in [2.45, 2.75) is 0 Å². The van der Waals surface area contributed by atoms with Crippen LogP contribution in [0.4, 0.5) is 10.2 Å². The number of benzene rings is 2. The average Bonchev–Trinajstić information content (AvgIpc) is 3.11. The number of aromatic carboxylic acids is 1. The minimum Gasteiger partial charge on any atom is -0.477 e. The van der Waals surface area contributed by atoms with Crippen molar-refractivity contribution < 1.29 is 23.9 Å². The summed E-state index contributed by atoms with van der Waals surface area (Å²) in [6.45, 7) is 0. The molecule has 2 aromatic carbocycles. The number of carboxylic acids is 1. The zero-order valence-electron chi connectivity index (χ0n) is 14.1. The molecule has 0 atom stereocenters. The van der Waals surface area contributed by atoms with Gasteiger partial charge in [-0.15, -0.1) is 0 Å². The molecule has 0 aliphatic rings. The van der Waals surface area contributed by atoms with Gasteiger partial charge in [0.2, 0.25) is 5.91 Å². The first-order valence-electron chi connectivity index (χ1n) is 7.68. The molecule has 3 rings (SSSR count). The predicted molar refractivity (Wildman–Crippen MR) is 99.9 cm³/mol. The molecule has 1 heterocycles. The maximum Gasteiger partial charge on any atom is 0.353 e.